The fourth-order valence-corrected chi connectivity index (χ4v) is 4.32. The van der Waals surface area contributed by atoms with E-state index in [2.05, 4.69) is 0 Å². The van der Waals surface area contributed by atoms with Gasteiger partial charge in [-0.2, -0.15) is 4.31 Å². The number of benzene rings is 1. The van der Waals surface area contributed by atoms with Gasteiger partial charge in [-0.15, -0.1) is 0 Å². The fourth-order valence-electron chi connectivity index (χ4n) is 2.57. The Bertz CT molecular complexity index is 589. The Kier molecular flexibility index (Phi) is 4.41. The lowest BCUT2D eigenvalue weighted by Crippen LogP contribution is -2.37. The highest BCUT2D eigenvalue weighted by atomic mass is 32.2. The summed E-state index contributed by atoms with van der Waals surface area (Å²) in [4.78, 5) is -0.517. The van der Waals surface area contributed by atoms with Crippen molar-refractivity contribution in [3.05, 3.63) is 29.8 Å². The molecule has 1 saturated heterocycles. The molecule has 0 radical (unpaired) electrons. The third-order valence-corrected chi connectivity index (χ3v) is 5.40. The van der Waals surface area contributed by atoms with E-state index in [1.54, 1.807) is 6.92 Å². The Morgan fingerprint density at radius 3 is 2.75 bits per heavy atom. The van der Waals surface area contributed by atoms with Crippen molar-refractivity contribution in [3.8, 4) is 0 Å². The number of aliphatic hydroxyl groups excluding tert-OH is 1. The summed E-state index contributed by atoms with van der Waals surface area (Å²) < 4.78 is 52.7. The summed E-state index contributed by atoms with van der Waals surface area (Å²) in [7, 11) is -4.00. The van der Waals surface area contributed by atoms with Gasteiger partial charge in [-0.25, -0.2) is 17.2 Å². The molecule has 0 aliphatic carbocycles. The molecule has 1 fully saturated rings. The molecule has 0 amide bonds. The predicted octanol–water partition coefficient (Wildman–Crippen LogP) is 1.89. The first kappa shape index (κ1) is 15.3. The van der Waals surface area contributed by atoms with Crippen molar-refractivity contribution in [2.75, 3.05) is 6.54 Å². The van der Waals surface area contributed by atoms with E-state index in [1.807, 2.05) is 0 Å². The maximum atomic E-state index is 13.7. The zero-order chi connectivity index (χ0) is 14.9. The van der Waals surface area contributed by atoms with Crippen LogP contribution in [0.3, 0.4) is 0 Å². The van der Waals surface area contributed by atoms with Gasteiger partial charge in [0.1, 0.15) is 16.5 Å². The molecule has 4 nitrogen and oxygen atoms in total. The van der Waals surface area contributed by atoms with Crippen molar-refractivity contribution in [1.82, 2.24) is 4.31 Å². The topological polar surface area (TPSA) is 57.6 Å². The minimum Gasteiger partial charge on any atom is -0.393 e. The van der Waals surface area contributed by atoms with Gasteiger partial charge in [0.05, 0.1) is 6.10 Å². The molecule has 112 valence electrons. The van der Waals surface area contributed by atoms with Gasteiger partial charge in [-0.3, -0.25) is 0 Å². The lowest BCUT2D eigenvalue weighted by molar-refractivity contribution is 0.158. The summed E-state index contributed by atoms with van der Waals surface area (Å²) in [5, 5.41) is 9.41. The highest BCUT2D eigenvalue weighted by Crippen LogP contribution is 2.29. The van der Waals surface area contributed by atoms with E-state index in [1.165, 1.54) is 4.31 Å². The summed E-state index contributed by atoms with van der Waals surface area (Å²) in [5.74, 6) is -1.91. The zero-order valence-electron chi connectivity index (χ0n) is 11.1. The number of hydrogen-bond acceptors (Lipinski definition) is 3. The minimum atomic E-state index is -4.00. The van der Waals surface area contributed by atoms with Crippen LogP contribution in [0.2, 0.25) is 0 Å². The van der Waals surface area contributed by atoms with Crippen LogP contribution in [0.5, 0.6) is 0 Å². The first-order valence-corrected chi connectivity index (χ1v) is 7.91. The van der Waals surface area contributed by atoms with Crippen LogP contribution in [-0.2, 0) is 10.0 Å². The molecule has 2 atom stereocenters. The van der Waals surface area contributed by atoms with Crippen LogP contribution < -0.4 is 0 Å². The summed E-state index contributed by atoms with van der Waals surface area (Å²) >= 11 is 0. The van der Waals surface area contributed by atoms with Crippen LogP contribution in [0.15, 0.2) is 23.1 Å². The lowest BCUT2D eigenvalue weighted by Gasteiger charge is -2.25. The molecular weight excluding hydrogens is 288 g/mol. The predicted molar refractivity (Wildman–Crippen MR) is 69.6 cm³/mol. The zero-order valence-corrected chi connectivity index (χ0v) is 11.9. The number of nitrogens with zero attached hydrogens (tertiary/aromatic N) is 1. The van der Waals surface area contributed by atoms with E-state index in [0.717, 1.165) is 12.1 Å². The van der Waals surface area contributed by atoms with E-state index in [0.29, 0.717) is 25.3 Å². The summed E-state index contributed by atoms with van der Waals surface area (Å²) in [5.41, 5.74) is 0. The van der Waals surface area contributed by atoms with Crippen LogP contribution in [0.4, 0.5) is 8.78 Å². The van der Waals surface area contributed by atoms with Gasteiger partial charge in [-0.05, 0) is 38.3 Å². The standard InChI is InChI=1S/C13H17F2NO3S/c1-9(17)7-11-3-2-6-16(11)20(18,19)13-5-4-10(14)8-12(13)15/h4-5,8-9,11,17H,2-3,6-7H2,1H3. The van der Waals surface area contributed by atoms with Gasteiger partial charge in [0, 0.05) is 18.7 Å². The van der Waals surface area contributed by atoms with Crippen molar-refractivity contribution in [2.24, 2.45) is 0 Å². The molecule has 1 N–H and O–H groups in total. The molecule has 1 aliphatic rings. The second kappa shape index (κ2) is 5.75. The van der Waals surface area contributed by atoms with Gasteiger partial charge in [0.15, 0.2) is 0 Å². The Labute approximate surface area is 117 Å². The molecule has 1 heterocycles. The number of sulfonamides is 1. The third-order valence-electron chi connectivity index (χ3n) is 3.42. The van der Waals surface area contributed by atoms with E-state index >= 15 is 0 Å². The average molecular weight is 305 g/mol. The fraction of sp³-hybridized carbons (Fsp3) is 0.538. The maximum Gasteiger partial charge on any atom is 0.246 e. The van der Waals surface area contributed by atoms with Gasteiger partial charge in [-0.1, -0.05) is 0 Å². The molecule has 7 heteroatoms. The first-order chi connectivity index (χ1) is 9.32. The largest absolute Gasteiger partial charge is 0.393 e. The smallest absolute Gasteiger partial charge is 0.246 e. The van der Waals surface area contributed by atoms with Crippen LogP contribution in [0, 0.1) is 11.6 Å². The number of aliphatic hydroxyl groups is 1. The number of hydrogen-bond donors (Lipinski definition) is 1. The Balaban J connectivity index is 2.34. The Morgan fingerprint density at radius 2 is 2.15 bits per heavy atom. The summed E-state index contributed by atoms with van der Waals surface area (Å²) in [6.45, 7) is 1.87. The van der Waals surface area contributed by atoms with Crippen LogP contribution in [-0.4, -0.2) is 36.5 Å². The minimum absolute atomic E-state index is 0.288. The van der Waals surface area contributed by atoms with Gasteiger partial charge < -0.3 is 5.11 Å². The molecule has 2 rings (SSSR count). The van der Waals surface area contributed by atoms with Gasteiger partial charge in [0.25, 0.3) is 0 Å². The molecule has 20 heavy (non-hydrogen) atoms. The van der Waals surface area contributed by atoms with E-state index in [9.17, 15) is 22.3 Å². The highest BCUT2D eigenvalue weighted by molar-refractivity contribution is 7.89. The van der Waals surface area contributed by atoms with Crippen molar-refractivity contribution in [1.29, 1.82) is 0 Å². The maximum absolute atomic E-state index is 13.7. The lowest BCUT2D eigenvalue weighted by atomic mass is 10.1. The quantitative estimate of drug-likeness (QED) is 0.924. The molecule has 2 unspecified atom stereocenters. The number of halogens is 2. The molecule has 1 aromatic carbocycles. The van der Waals surface area contributed by atoms with E-state index < -0.39 is 32.7 Å². The Morgan fingerprint density at radius 1 is 1.45 bits per heavy atom. The van der Waals surface area contributed by atoms with Crippen molar-refractivity contribution in [3.63, 3.8) is 0 Å². The van der Waals surface area contributed by atoms with E-state index in [4.69, 9.17) is 0 Å². The highest BCUT2D eigenvalue weighted by Gasteiger charge is 2.37. The molecule has 1 aliphatic heterocycles. The molecular formula is C13H17F2NO3S. The number of rotatable bonds is 4. The van der Waals surface area contributed by atoms with Crippen LogP contribution in [0.1, 0.15) is 26.2 Å². The molecule has 0 bridgehead atoms. The van der Waals surface area contributed by atoms with Gasteiger partial charge >= 0.3 is 0 Å². The molecule has 0 spiro atoms. The second-order valence-electron chi connectivity index (χ2n) is 5.07. The first-order valence-electron chi connectivity index (χ1n) is 6.47. The molecule has 0 saturated carbocycles. The van der Waals surface area contributed by atoms with Gasteiger partial charge in [0.2, 0.25) is 10.0 Å². The van der Waals surface area contributed by atoms with E-state index in [-0.39, 0.29) is 12.6 Å². The monoisotopic (exact) mass is 305 g/mol. The SMILES string of the molecule is CC(O)CC1CCCN1S(=O)(=O)c1ccc(F)cc1F. The van der Waals surface area contributed by atoms with Crippen molar-refractivity contribution >= 4 is 10.0 Å². The van der Waals surface area contributed by atoms with Crippen molar-refractivity contribution < 1.29 is 22.3 Å². The van der Waals surface area contributed by atoms with Crippen LogP contribution >= 0.6 is 0 Å². The Hall–Kier alpha value is -1.05. The molecule has 1 aromatic rings. The summed E-state index contributed by atoms with van der Waals surface area (Å²) in [6.07, 6.45) is 0.975. The average Bonchev–Trinajstić information content (AvgIpc) is 2.76. The normalized spacial score (nSPS) is 22.1. The molecule has 0 aromatic heterocycles. The second-order valence-corrected chi connectivity index (χ2v) is 6.93. The van der Waals surface area contributed by atoms with Crippen molar-refractivity contribution in [2.45, 2.75) is 43.2 Å². The third kappa shape index (κ3) is 2.99. The van der Waals surface area contributed by atoms with Crippen LogP contribution in [0.25, 0.3) is 0 Å². The summed E-state index contributed by atoms with van der Waals surface area (Å²) in [6, 6.07) is 2.09.